The predicted molar refractivity (Wildman–Crippen MR) is 115 cm³/mol. The Bertz CT molecular complexity index is 952. The molecule has 0 radical (unpaired) electrons. The summed E-state index contributed by atoms with van der Waals surface area (Å²) in [4.78, 5) is 13.1. The van der Waals surface area contributed by atoms with Crippen molar-refractivity contribution in [1.29, 1.82) is 5.26 Å². The molecule has 4 aliphatic carbocycles. The van der Waals surface area contributed by atoms with Gasteiger partial charge >= 0.3 is 0 Å². The fourth-order valence-corrected chi connectivity index (χ4v) is 6.58. The van der Waals surface area contributed by atoms with Gasteiger partial charge in [-0.2, -0.15) is 10.4 Å². The van der Waals surface area contributed by atoms with Crippen molar-refractivity contribution in [2.24, 2.45) is 23.2 Å². The highest BCUT2D eigenvalue weighted by molar-refractivity contribution is 5.83. The van der Waals surface area contributed by atoms with Crippen molar-refractivity contribution >= 4 is 11.7 Å². The van der Waals surface area contributed by atoms with E-state index in [9.17, 15) is 10.1 Å². The van der Waals surface area contributed by atoms with Crippen LogP contribution in [0.3, 0.4) is 0 Å². The first-order valence-electron chi connectivity index (χ1n) is 11.2. The van der Waals surface area contributed by atoms with Crippen molar-refractivity contribution < 1.29 is 4.79 Å². The second-order valence-electron chi connectivity index (χ2n) is 9.62. The number of nitrogens with two attached hydrogens (primary N) is 1. The minimum Gasteiger partial charge on any atom is -0.382 e. The van der Waals surface area contributed by atoms with E-state index in [0.717, 1.165) is 49.1 Å². The molecule has 6 heteroatoms. The zero-order valence-electron chi connectivity index (χ0n) is 17.3. The number of nitrogen functional groups attached to an aromatic ring is 1. The number of aromatic nitrogens is 2. The number of aryl methyl sites for hydroxylation is 1. The molecule has 30 heavy (non-hydrogen) atoms. The summed E-state index contributed by atoms with van der Waals surface area (Å²) >= 11 is 0. The van der Waals surface area contributed by atoms with Gasteiger partial charge < -0.3 is 11.1 Å². The quantitative estimate of drug-likeness (QED) is 0.720. The van der Waals surface area contributed by atoms with Gasteiger partial charge in [-0.25, -0.2) is 4.68 Å². The molecule has 6 nitrogen and oxygen atoms in total. The number of carbonyl (C=O) groups is 1. The molecule has 0 atom stereocenters. The van der Waals surface area contributed by atoms with Crippen LogP contribution in [0.2, 0.25) is 0 Å². The molecule has 0 aliphatic heterocycles. The van der Waals surface area contributed by atoms with Crippen molar-refractivity contribution in [3.05, 3.63) is 41.6 Å². The molecular weight excluding hydrogens is 374 g/mol. The van der Waals surface area contributed by atoms with E-state index in [1.165, 1.54) is 19.3 Å². The first kappa shape index (κ1) is 19.2. The molecule has 4 bridgehead atoms. The molecule has 4 fully saturated rings. The largest absolute Gasteiger partial charge is 0.382 e. The van der Waals surface area contributed by atoms with E-state index in [4.69, 9.17) is 5.73 Å². The SMILES string of the molecule is N#Cc1c(CCCNC(=O)C23CC4CC(CC(C4)C2)C3)nn(-c2ccccc2)c1N. The van der Waals surface area contributed by atoms with Crippen LogP contribution in [0.1, 0.15) is 56.2 Å². The van der Waals surface area contributed by atoms with E-state index in [-0.39, 0.29) is 11.3 Å². The highest BCUT2D eigenvalue weighted by atomic mass is 16.2. The normalized spacial score (nSPS) is 29.0. The molecule has 1 aromatic heterocycles. The van der Waals surface area contributed by atoms with E-state index in [2.05, 4.69) is 16.5 Å². The lowest BCUT2D eigenvalue weighted by Crippen LogP contribution is -2.53. The Kier molecular flexibility index (Phi) is 4.77. The van der Waals surface area contributed by atoms with Crippen LogP contribution in [-0.4, -0.2) is 22.2 Å². The topological polar surface area (TPSA) is 96.7 Å². The first-order chi connectivity index (χ1) is 14.6. The highest BCUT2D eigenvalue weighted by Gasteiger charge is 2.54. The molecule has 1 amide bonds. The zero-order chi connectivity index (χ0) is 20.7. The number of nitriles is 1. The Labute approximate surface area is 177 Å². The van der Waals surface area contributed by atoms with Crippen LogP contribution in [0, 0.1) is 34.5 Å². The summed E-state index contributed by atoms with van der Waals surface area (Å²) in [5.41, 5.74) is 8.05. The monoisotopic (exact) mass is 403 g/mol. The van der Waals surface area contributed by atoms with Gasteiger partial charge in [-0.3, -0.25) is 4.79 Å². The van der Waals surface area contributed by atoms with E-state index in [0.29, 0.717) is 30.0 Å². The molecule has 156 valence electrons. The number of nitrogens with one attached hydrogen (secondary N) is 1. The molecule has 4 saturated carbocycles. The number of para-hydroxylation sites is 1. The number of carbonyl (C=O) groups excluding carboxylic acids is 1. The van der Waals surface area contributed by atoms with Gasteiger partial charge in [0, 0.05) is 12.0 Å². The number of benzene rings is 1. The average molecular weight is 404 g/mol. The van der Waals surface area contributed by atoms with E-state index >= 15 is 0 Å². The Balaban J connectivity index is 1.21. The van der Waals surface area contributed by atoms with Crippen molar-refractivity contribution in [3.63, 3.8) is 0 Å². The Morgan fingerprint density at radius 2 is 1.80 bits per heavy atom. The summed E-state index contributed by atoms with van der Waals surface area (Å²) in [5, 5.41) is 17.3. The highest BCUT2D eigenvalue weighted by Crippen LogP contribution is 2.60. The molecule has 0 unspecified atom stereocenters. The van der Waals surface area contributed by atoms with Gasteiger partial charge in [0.1, 0.15) is 17.5 Å². The van der Waals surface area contributed by atoms with Gasteiger partial charge in [-0.05, 0) is 81.3 Å². The van der Waals surface area contributed by atoms with Crippen LogP contribution in [0.4, 0.5) is 5.82 Å². The van der Waals surface area contributed by atoms with Crippen molar-refractivity contribution in [2.45, 2.75) is 51.4 Å². The Morgan fingerprint density at radius 1 is 1.17 bits per heavy atom. The lowest BCUT2D eigenvalue weighted by Gasteiger charge is -2.55. The maximum absolute atomic E-state index is 13.1. The third-order valence-electron chi connectivity index (χ3n) is 7.50. The number of anilines is 1. The van der Waals surface area contributed by atoms with Crippen LogP contribution < -0.4 is 11.1 Å². The molecule has 0 spiro atoms. The maximum atomic E-state index is 13.1. The molecule has 1 heterocycles. The summed E-state index contributed by atoms with van der Waals surface area (Å²) in [6.45, 7) is 0.615. The fourth-order valence-electron chi connectivity index (χ4n) is 6.58. The zero-order valence-corrected chi connectivity index (χ0v) is 17.3. The minimum atomic E-state index is -0.105. The third-order valence-corrected chi connectivity index (χ3v) is 7.50. The van der Waals surface area contributed by atoms with Crippen LogP contribution in [-0.2, 0) is 11.2 Å². The third kappa shape index (κ3) is 3.27. The van der Waals surface area contributed by atoms with Crippen molar-refractivity contribution in [2.75, 3.05) is 12.3 Å². The van der Waals surface area contributed by atoms with Gasteiger partial charge in [0.2, 0.25) is 5.91 Å². The molecule has 3 N–H and O–H groups in total. The second kappa shape index (κ2) is 7.46. The molecule has 2 aromatic rings. The van der Waals surface area contributed by atoms with Crippen molar-refractivity contribution in [3.8, 4) is 11.8 Å². The minimum absolute atomic E-state index is 0.105. The molecule has 4 aliphatic rings. The second-order valence-corrected chi connectivity index (χ2v) is 9.62. The molecule has 6 rings (SSSR count). The smallest absolute Gasteiger partial charge is 0.226 e. The number of hydrogen-bond donors (Lipinski definition) is 2. The number of hydrogen-bond acceptors (Lipinski definition) is 4. The van der Waals surface area contributed by atoms with Crippen LogP contribution in [0.15, 0.2) is 30.3 Å². The van der Waals surface area contributed by atoms with E-state index in [1.807, 2.05) is 30.3 Å². The van der Waals surface area contributed by atoms with E-state index < -0.39 is 0 Å². The van der Waals surface area contributed by atoms with Crippen LogP contribution in [0.25, 0.3) is 5.69 Å². The summed E-state index contributed by atoms with van der Waals surface area (Å²) in [5.74, 6) is 2.94. The predicted octanol–water partition coefficient (Wildman–Crippen LogP) is 3.59. The van der Waals surface area contributed by atoms with Crippen LogP contribution in [0.5, 0.6) is 0 Å². The lowest BCUT2D eigenvalue weighted by molar-refractivity contribution is -0.146. The summed E-state index contributed by atoms with van der Waals surface area (Å²) in [7, 11) is 0. The summed E-state index contributed by atoms with van der Waals surface area (Å²) in [6, 6.07) is 11.8. The lowest BCUT2D eigenvalue weighted by atomic mass is 9.49. The van der Waals surface area contributed by atoms with Gasteiger partial charge in [0.25, 0.3) is 0 Å². The summed E-state index contributed by atoms with van der Waals surface area (Å²) in [6.07, 6.45) is 8.65. The molecule has 0 saturated heterocycles. The van der Waals surface area contributed by atoms with Gasteiger partial charge in [-0.15, -0.1) is 0 Å². The van der Waals surface area contributed by atoms with Gasteiger partial charge in [0.05, 0.1) is 11.4 Å². The number of amides is 1. The Hall–Kier alpha value is -2.81. The fraction of sp³-hybridized carbons (Fsp3) is 0.542. The Morgan fingerprint density at radius 3 is 2.40 bits per heavy atom. The number of rotatable bonds is 6. The van der Waals surface area contributed by atoms with Gasteiger partial charge in [0.15, 0.2) is 0 Å². The van der Waals surface area contributed by atoms with E-state index in [1.54, 1.807) is 4.68 Å². The average Bonchev–Trinajstić information content (AvgIpc) is 3.06. The van der Waals surface area contributed by atoms with Crippen LogP contribution >= 0.6 is 0 Å². The first-order valence-corrected chi connectivity index (χ1v) is 11.2. The molecular formula is C24H29N5O. The standard InChI is InChI=1S/C24H29N5O/c25-15-20-21(28-29(22(20)26)19-5-2-1-3-6-19)7-4-8-27-23(30)24-12-16-9-17(13-24)11-18(10-16)14-24/h1-3,5-6,16-18H,4,7-14,26H2,(H,27,30). The molecule has 1 aromatic carbocycles. The number of nitrogens with zero attached hydrogens (tertiary/aromatic N) is 3. The maximum Gasteiger partial charge on any atom is 0.226 e. The summed E-state index contributed by atoms with van der Waals surface area (Å²) < 4.78 is 1.63. The van der Waals surface area contributed by atoms with Gasteiger partial charge in [-0.1, -0.05) is 18.2 Å². The van der Waals surface area contributed by atoms with Crippen molar-refractivity contribution in [1.82, 2.24) is 15.1 Å².